The molecule has 0 aliphatic carbocycles. The summed E-state index contributed by atoms with van der Waals surface area (Å²) in [5.74, 6) is 0.389. The quantitative estimate of drug-likeness (QED) is 0.909. The fourth-order valence-corrected chi connectivity index (χ4v) is 1.79. The highest BCUT2D eigenvalue weighted by Crippen LogP contribution is 2.32. The van der Waals surface area contributed by atoms with E-state index in [0.29, 0.717) is 29.7 Å². The van der Waals surface area contributed by atoms with Crippen LogP contribution in [0.4, 0.5) is 21.6 Å². The molecule has 0 unspecified atom stereocenters. The second-order valence-electron chi connectivity index (χ2n) is 4.27. The largest absolute Gasteiger partial charge is 0.476 e. The van der Waals surface area contributed by atoms with Gasteiger partial charge in [0.25, 0.3) is 0 Å². The molecule has 0 saturated heterocycles. The van der Waals surface area contributed by atoms with Gasteiger partial charge in [0.15, 0.2) is 5.82 Å². The minimum Gasteiger partial charge on any atom is -0.476 e. The second-order valence-corrected chi connectivity index (χ2v) is 4.27. The van der Waals surface area contributed by atoms with E-state index < -0.39 is 0 Å². The van der Waals surface area contributed by atoms with Gasteiger partial charge in [0.2, 0.25) is 5.88 Å². The number of rotatable bonds is 5. The van der Waals surface area contributed by atoms with Gasteiger partial charge >= 0.3 is 0 Å². The first kappa shape index (κ1) is 14.0. The average molecular weight is 276 g/mol. The molecule has 106 valence electrons. The summed E-state index contributed by atoms with van der Waals surface area (Å²) in [6.07, 6.45) is 2.20. The molecular weight excluding hydrogens is 259 g/mol. The van der Waals surface area contributed by atoms with Gasteiger partial charge in [0.05, 0.1) is 12.3 Å². The molecule has 0 aliphatic rings. The van der Waals surface area contributed by atoms with Gasteiger partial charge in [-0.3, -0.25) is 0 Å². The first-order valence-electron chi connectivity index (χ1n) is 6.36. The number of hydrogen-bond donors (Lipinski definition) is 1. The van der Waals surface area contributed by atoms with E-state index in [9.17, 15) is 4.39 Å². The molecule has 0 radical (unpaired) electrons. The van der Waals surface area contributed by atoms with Gasteiger partial charge in [0, 0.05) is 7.05 Å². The molecule has 5 nitrogen and oxygen atoms in total. The summed E-state index contributed by atoms with van der Waals surface area (Å²) in [5.41, 5.74) is 6.68. The molecule has 0 atom stereocenters. The van der Waals surface area contributed by atoms with E-state index in [1.165, 1.54) is 12.4 Å². The topological polar surface area (TPSA) is 64.3 Å². The Hall–Kier alpha value is -2.37. The van der Waals surface area contributed by atoms with E-state index in [2.05, 4.69) is 9.97 Å². The lowest BCUT2D eigenvalue weighted by Gasteiger charge is -2.21. The van der Waals surface area contributed by atoms with Crippen molar-refractivity contribution in [1.29, 1.82) is 0 Å². The maximum absolute atomic E-state index is 13.8. The Morgan fingerprint density at radius 1 is 1.30 bits per heavy atom. The molecule has 0 saturated carbocycles. The molecule has 2 rings (SSSR count). The molecule has 1 aromatic carbocycles. The van der Waals surface area contributed by atoms with Crippen LogP contribution in [0.2, 0.25) is 0 Å². The van der Waals surface area contributed by atoms with E-state index in [1.54, 1.807) is 30.1 Å². The van der Waals surface area contributed by atoms with Gasteiger partial charge in [-0.2, -0.15) is 4.98 Å². The van der Waals surface area contributed by atoms with Crippen molar-refractivity contribution < 1.29 is 9.13 Å². The Bertz CT molecular complexity index is 591. The van der Waals surface area contributed by atoms with Crippen LogP contribution in [-0.4, -0.2) is 23.6 Å². The number of anilines is 3. The zero-order valence-electron chi connectivity index (χ0n) is 11.5. The summed E-state index contributed by atoms with van der Waals surface area (Å²) in [7, 11) is 1.70. The normalized spacial score (nSPS) is 10.3. The average Bonchev–Trinajstić information content (AvgIpc) is 2.46. The Morgan fingerprint density at radius 2 is 2.05 bits per heavy atom. The number of ether oxygens (including phenoxy) is 1. The first-order valence-corrected chi connectivity index (χ1v) is 6.36. The number of nitrogen functional groups attached to an aromatic ring is 1. The van der Waals surface area contributed by atoms with E-state index in [-0.39, 0.29) is 5.82 Å². The highest BCUT2D eigenvalue weighted by atomic mass is 19.1. The smallest absolute Gasteiger partial charge is 0.242 e. The predicted octanol–water partition coefficient (Wildman–Crippen LogP) is 2.75. The van der Waals surface area contributed by atoms with E-state index in [1.807, 2.05) is 6.92 Å². The molecule has 0 amide bonds. The Labute approximate surface area is 117 Å². The van der Waals surface area contributed by atoms with Crippen molar-refractivity contribution in [2.45, 2.75) is 13.3 Å². The van der Waals surface area contributed by atoms with Gasteiger partial charge in [-0.25, -0.2) is 9.37 Å². The third-order valence-electron chi connectivity index (χ3n) is 2.80. The fraction of sp³-hybridized carbons (Fsp3) is 0.286. The van der Waals surface area contributed by atoms with Crippen LogP contribution in [0.5, 0.6) is 5.88 Å². The number of aromatic nitrogens is 2. The molecule has 1 heterocycles. The number of nitrogens with two attached hydrogens (primary N) is 1. The summed E-state index contributed by atoms with van der Waals surface area (Å²) in [4.78, 5) is 9.68. The van der Waals surface area contributed by atoms with Crippen LogP contribution in [-0.2, 0) is 0 Å². The number of para-hydroxylation sites is 1. The van der Waals surface area contributed by atoms with Crippen LogP contribution in [0.1, 0.15) is 13.3 Å². The Morgan fingerprint density at radius 3 is 2.75 bits per heavy atom. The van der Waals surface area contributed by atoms with Crippen LogP contribution >= 0.6 is 0 Å². The molecule has 1 aromatic heterocycles. The lowest BCUT2D eigenvalue weighted by Crippen LogP contribution is -2.16. The van der Waals surface area contributed by atoms with Gasteiger partial charge < -0.3 is 15.4 Å². The van der Waals surface area contributed by atoms with Crippen molar-refractivity contribution >= 4 is 17.2 Å². The molecule has 0 bridgehead atoms. The number of halogens is 1. The summed E-state index contributed by atoms with van der Waals surface area (Å²) in [5, 5.41) is 0. The minimum absolute atomic E-state index is 0.298. The summed E-state index contributed by atoms with van der Waals surface area (Å²) < 4.78 is 19.2. The standard InChI is InChI=1S/C14H17FN4O/c1-3-8-20-14-12(16)13(17-9-18-14)19(2)11-7-5-4-6-10(11)15/h4-7,9H,3,8,16H2,1-2H3. The van der Waals surface area contributed by atoms with Gasteiger partial charge in [-0.15, -0.1) is 0 Å². The number of nitrogens with zero attached hydrogens (tertiary/aromatic N) is 3. The zero-order chi connectivity index (χ0) is 14.5. The van der Waals surface area contributed by atoms with Crippen molar-refractivity contribution in [1.82, 2.24) is 9.97 Å². The van der Waals surface area contributed by atoms with Crippen molar-refractivity contribution in [3.05, 3.63) is 36.4 Å². The summed E-state index contributed by atoms with van der Waals surface area (Å²) in [6.45, 7) is 2.51. The predicted molar refractivity (Wildman–Crippen MR) is 76.7 cm³/mol. The molecule has 0 spiro atoms. The third-order valence-corrected chi connectivity index (χ3v) is 2.80. The van der Waals surface area contributed by atoms with E-state index >= 15 is 0 Å². The van der Waals surface area contributed by atoms with Crippen molar-refractivity contribution in [2.75, 3.05) is 24.3 Å². The highest BCUT2D eigenvalue weighted by molar-refractivity contribution is 5.73. The van der Waals surface area contributed by atoms with Crippen molar-refractivity contribution in [3.63, 3.8) is 0 Å². The molecule has 2 aromatic rings. The monoisotopic (exact) mass is 276 g/mol. The van der Waals surface area contributed by atoms with E-state index in [4.69, 9.17) is 10.5 Å². The second kappa shape index (κ2) is 6.18. The number of benzene rings is 1. The fourth-order valence-electron chi connectivity index (χ4n) is 1.79. The highest BCUT2D eigenvalue weighted by Gasteiger charge is 2.16. The lowest BCUT2D eigenvalue weighted by atomic mass is 10.2. The molecular formula is C14H17FN4O. The van der Waals surface area contributed by atoms with Gasteiger partial charge in [0.1, 0.15) is 17.8 Å². The first-order chi connectivity index (χ1) is 9.65. The zero-order valence-corrected chi connectivity index (χ0v) is 11.5. The maximum Gasteiger partial charge on any atom is 0.242 e. The minimum atomic E-state index is -0.343. The van der Waals surface area contributed by atoms with Crippen molar-refractivity contribution in [3.8, 4) is 5.88 Å². The molecule has 0 aliphatic heterocycles. The summed E-state index contributed by atoms with van der Waals surface area (Å²) >= 11 is 0. The Balaban J connectivity index is 2.35. The van der Waals surface area contributed by atoms with E-state index in [0.717, 1.165) is 6.42 Å². The summed E-state index contributed by atoms with van der Waals surface area (Å²) in [6, 6.07) is 6.42. The van der Waals surface area contributed by atoms with Crippen LogP contribution < -0.4 is 15.4 Å². The van der Waals surface area contributed by atoms with Gasteiger partial charge in [-0.1, -0.05) is 19.1 Å². The number of hydrogen-bond acceptors (Lipinski definition) is 5. The van der Waals surface area contributed by atoms with Crippen molar-refractivity contribution in [2.24, 2.45) is 0 Å². The van der Waals surface area contributed by atoms with Crippen LogP contribution in [0.15, 0.2) is 30.6 Å². The Kier molecular flexibility index (Phi) is 4.34. The molecule has 0 fully saturated rings. The van der Waals surface area contributed by atoms with Crippen LogP contribution in [0.3, 0.4) is 0 Å². The maximum atomic E-state index is 13.8. The lowest BCUT2D eigenvalue weighted by molar-refractivity contribution is 0.306. The van der Waals surface area contributed by atoms with Gasteiger partial charge in [-0.05, 0) is 18.6 Å². The third kappa shape index (κ3) is 2.79. The molecule has 20 heavy (non-hydrogen) atoms. The van der Waals surface area contributed by atoms with Crippen LogP contribution in [0.25, 0.3) is 0 Å². The SMILES string of the molecule is CCCOc1ncnc(N(C)c2ccccc2F)c1N. The van der Waals surface area contributed by atoms with Crippen LogP contribution in [0, 0.1) is 5.82 Å². The molecule has 6 heteroatoms. The molecule has 2 N–H and O–H groups in total.